The molecule has 0 saturated carbocycles. The lowest BCUT2D eigenvalue weighted by molar-refractivity contribution is 0.428. The lowest BCUT2D eigenvalue weighted by Gasteiger charge is -2.08. The summed E-state index contributed by atoms with van der Waals surface area (Å²) in [5.41, 5.74) is 1.09. The van der Waals surface area contributed by atoms with E-state index in [4.69, 9.17) is 4.52 Å². The zero-order chi connectivity index (χ0) is 14.7. The average molecular weight is 280 g/mol. The molecule has 0 fully saturated rings. The van der Waals surface area contributed by atoms with Gasteiger partial charge in [-0.25, -0.2) is 8.78 Å². The first kappa shape index (κ1) is 14.7. The van der Waals surface area contributed by atoms with Crippen molar-refractivity contribution in [2.45, 2.75) is 27.3 Å². The molecule has 1 heterocycles. The van der Waals surface area contributed by atoms with E-state index in [0.29, 0.717) is 18.0 Å². The summed E-state index contributed by atoms with van der Waals surface area (Å²) in [7, 11) is 0. The van der Waals surface area contributed by atoms with Crippen LogP contribution in [0.15, 0.2) is 22.9 Å². The van der Waals surface area contributed by atoms with Crippen LogP contribution in [0.3, 0.4) is 0 Å². The van der Waals surface area contributed by atoms with Gasteiger partial charge in [-0.3, -0.25) is 0 Å². The summed E-state index contributed by atoms with van der Waals surface area (Å²) in [6.45, 7) is 7.04. The topological polar surface area (TPSA) is 38.1 Å². The van der Waals surface area contributed by atoms with Gasteiger partial charge in [-0.05, 0) is 37.1 Å². The molecule has 3 nitrogen and oxygen atoms in total. The number of halogens is 2. The second-order valence-electron chi connectivity index (χ2n) is 5.29. The highest BCUT2D eigenvalue weighted by molar-refractivity contribution is 5.62. The third kappa shape index (κ3) is 3.22. The van der Waals surface area contributed by atoms with Crippen molar-refractivity contribution in [2.75, 3.05) is 6.54 Å². The maximum absolute atomic E-state index is 13.9. The zero-order valence-electron chi connectivity index (χ0n) is 11.8. The second-order valence-corrected chi connectivity index (χ2v) is 5.29. The quantitative estimate of drug-likeness (QED) is 0.908. The van der Waals surface area contributed by atoms with Gasteiger partial charge in [-0.15, -0.1) is 0 Å². The molecule has 0 atom stereocenters. The Morgan fingerprint density at radius 1 is 1.25 bits per heavy atom. The average Bonchev–Trinajstić information content (AvgIpc) is 2.81. The van der Waals surface area contributed by atoms with E-state index < -0.39 is 11.6 Å². The number of rotatable bonds is 5. The lowest BCUT2D eigenvalue weighted by atomic mass is 10.1. The minimum atomic E-state index is -0.509. The van der Waals surface area contributed by atoms with Gasteiger partial charge >= 0.3 is 0 Å². The molecule has 0 radical (unpaired) electrons. The highest BCUT2D eigenvalue weighted by Crippen LogP contribution is 2.28. The van der Waals surface area contributed by atoms with Crippen LogP contribution >= 0.6 is 0 Å². The summed E-state index contributed by atoms with van der Waals surface area (Å²) in [4.78, 5) is 0. The van der Waals surface area contributed by atoms with Crippen LogP contribution in [-0.4, -0.2) is 11.7 Å². The van der Waals surface area contributed by atoms with Crippen molar-refractivity contribution in [3.05, 3.63) is 41.1 Å². The van der Waals surface area contributed by atoms with Gasteiger partial charge in [0.2, 0.25) is 0 Å². The number of aryl methyl sites for hydroxylation is 1. The van der Waals surface area contributed by atoms with Crippen molar-refractivity contribution < 1.29 is 13.3 Å². The van der Waals surface area contributed by atoms with E-state index >= 15 is 0 Å². The van der Waals surface area contributed by atoms with Gasteiger partial charge in [0.05, 0.1) is 11.8 Å². The molecule has 0 aliphatic heterocycles. The Morgan fingerprint density at radius 2 is 2.00 bits per heavy atom. The molecule has 0 spiro atoms. The third-order valence-electron chi connectivity index (χ3n) is 3.01. The molecule has 108 valence electrons. The summed E-state index contributed by atoms with van der Waals surface area (Å²) in [6.07, 6.45) is 1.53. The molecule has 2 rings (SSSR count). The monoisotopic (exact) mass is 280 g/mol. The van der Waals surface area contributed by atoms with Crippen molar-refractivity contribution in [3.63, 3.8) is 0 Å². The van der Waals surface area contributed by atoms with Crippen LogP contribution < -0.4 is 5.32 Å². The molecule has 1 aromatic carbocycles. The Balaban J connectivity index is 2.25. The van der Waals surface area contributed by atoms with Gasteiger partial charge in [-0.2, -0.15) is 0 Å². The van der Waals surface area contributed by atoms with Gasteiger partial charge in [0.1, 0.15) is 11.6 Å². The van der Waals surface area contributed by atoms with Gasteiger partial charge in [-0.1, -0.05) is 19.0 Å². The Kier molecular flexibility index (Phi) is 4.49. The number of benzene rings is 1. The second kappa shape index (κ2) is 6.13. The number of hydrogen-bond acceptors (Lipinski definition) is 3. The Morgan fingerprint density at radius 3 is 2.70 bits per heavy atom. The summed E-state index contributed by atoms with van der Waals surface area (Å²) in [5, 5.41) is 6.91. The Hall–Kier alpha value is -1.75. The van der Waals surface area contributed by atoms with Gasteiger partial charge < -0.3 is 9.84 Å². The fourth-order valence-electron chi connectivity index (χ4n) is 1.92. The SMILES string of the molecule is Cc1cc(F)c(-c2oncc2CNCC(C)C)cc1F. The third-order valence-corrected chi connectivity index (χ3v) is 3.01. The van der Waals surface area contributed by atoms with Gasteiger partial charge in [0.25, 0.3) is 0 Å². The Bertz CT molecular complexity index is 594. The fraction of sp³-hybridized carbons (Fsp3) is 0.400. The van der Waals surface area contributed by atoms with E-state index in [1.807, 2.05) is 0 Å². The van der Waals surface area contributed by atoms with Crippen LogP contribution in [0, 0.1) is 24.5 Å². The molecule has 0 amide bonds. The summed E-state index contributed by atoms with van der Waals surface area (Å²) >= 11 is 0. The predicted octanol–water partition coefficient (Wildman–Crippen LogP) is 3.67. The number of hydrogen-bond donors (Lipinski definition) is 1. The smallest absolute Gasteiger partial charge is 0.174 e. The first-order valence-corrected chi connectivity index (χ1v) is 6.59. The number of nitrogens with one attached hydrogen (secondary N) is 1. The van der Waals surface area contributed by atoms with Crippen molar-refractivity contribution in [1.82, 2.24) is 10.5 Å². The van der Waals surface area contributed by atoms with Crippen LogP contribution in [0.25, 0.3) is 11.3 Å². The van der Waals surface area contributed by atoms with Crippen molar-refractivity contribution in [1.29, 1.82) is 0 Å². The van der Waals surface area contributed by atoms with Crippen LogP contribution in [0.1, 0.15) is 25.0 Å². The highest BCUT2D eigenvalue weighted by atomic mass is 19.1. The fourth-order valence-corrected chi connectivity index (χ4v) is 1.92. The van der Waals surface area contributed by atoms with E-state index in [9.17, 15) is 8.78 Å². The van der Waals surface area contributed by atoms with Crippen LogP contribution in [0.4, 0.5) is 8.78 Å². The largest absolute Gasteiger partial charge is 0.356 e. The molecule has 1 aromatic heterocycles. The van der Waals surface area contributed by atoms with E-state index in [1.165, 1.54) is 19.2 Å². The highest BCUT2D eigenvalue weighted by Gasteiger charge is 2.17. The normalized spacial score (nSPS) is 11.3. The van der Waals surface area contributed by atoms with Crippen LogP contribution in [0.5, 0.6) is 0 Å². The molecular weight excluding hydrogens is 262 g/mol. The first-order valence-electron chi connectivity index (χ1n) is 6.59. The molecule has 5 heteroatoms. The molecule has 1 N–H and O–H groups in total. The predicted molar refractivity (Wildman–Crippen MR) is 73.1 cm³/mol. The molecule has 0 unspecified atom stereocenters. The van der Waals surface area contributed by atoms with Crippen molar-refractivity contribution in [2.24, 2.45) is 5.92 Å². The van der Waals surface area contributed by atoms with Crippen molar-refractivity contribution in [3.8, 4) is 11.3 Å². The molecule has 0 aliphatic rings. The minimum absolute atomic E-state index is 0.104. The summed E-state index contributed by atoms with van der Waals surface area (Å²) in [6, 6.07) is 2.32. The molecule has 0 bridgehead atoms. The molecule has 20 heavy (non-hydrogen) atoms. The molecule has 0 aliphatic carbocycles. The van der Waals surface area contributed by atoms with Crippen LogP contribution in [-0.2, 0) is 6.54 Å². The molecule has 2 aromatic rings. The lowest BCUT2D eigenvalue weighted by Crippen LogP contribution is -2.19. The maximum Gasteiger partial charge on any atom is 0.174 e. The first-order chi connectivity index (χ1) is 9.49. The van der Waals surface area contributed by atoms with E-state index in [0.717, 1.165) is 12.6 Å². The maximum atomic E-state index is 13.9. The minimum Gasteiger partial charge on any atom is -0.356 e. The summed E-state index contributed by atoms with van der Waals surface area (Å²) < 4.78 is 32.6. The number of nitrogens with zero attached hydrogens (tertiary/aromatic N) is 1. The Labute approximate surface area is 117 Å². The van der Waals surface area contributed by atoms with Gasteiger partial charge in [0.15, 0.2) is 5.76 Å². The standard InChI is InChI=1S/C15H18F2N2O/c1-9(2)6-18-7-11-8-19-20-15(11)12-5-13(16)10(3)4-14(12)17/h4-5,8-9,18H,6-7H2,1-3H3. The zero-order valence-corrected chi connectivity index (χ0v) is 11.8. The summed E-state index contributed by atoms with van der Waals surface area (Å²) in [5.74, 6) is -0.186. The van der Waals surface area contributed by atoms with E-state index in [2.05, 4.69) is 24.3 Å². The number of aromatic nitrogens is 1. The molecule has 0 saturated heterocycles. The molecular formula is C15H18F2N2O. The van der Waals surface area contributed by atoms with E-state index in [1.54, 1.807) is 0 Å². The van der Waals surface area contributed by atoms with Gasteiger partial charge in [0, 0.05) is 12.1 Å². The van der Waals surface area contributed by atoms with Crippen molar-refractivity contribution >= 4 is 0 Å². The van der Waals surface area contributed by atoms with E-state index in [-0.39, 0.29) is 16.9 Å². The van der Waals surface area contributed by atoms with Crippen LogP contribution in [0.2, 0.25) is 0 Å².